The van der Waals surface area contributed by atoms with Crippen LogP contribution in [0.15, 0.2) is 102 Å². The monoisotopic (exact) mass is 651 g/mol. The summed E-state index contributed by atoms with van der Waals surface area (Å²) in [6, 6.07) is 26.5. The largest absolute Gasteiger partial charge is 0.355 e. The SMILES string of the molecule is CCNC(=O)[C@@H](Cc1ccccc1)N(Cc1cccc(Cl)c1)C(=O)CN(c1ccc(C)c(C)c1)S(=O)(=O)c1ccc(Cl)cc1. The number of hydrogen-bond acceptors (Lipinski definition) is 4. The third-order valence-electron chi connectivity index (χ3n) is 7.32. The first-order valence-corrected chi connectivity index (χ1v) is 16.4. The standard InChI is InChI=1S/C34H35Cl2N3O4S/c1-4-37-34(41)32(21-26-9-6-5-7-10-26)38(22-27-11-8-12-29(36)20-27)33(40)23-39(30-16-13-24(2)25(3)19-30)44(42,43)31-17-14-28(35)15-18-31/h5-20,32H,4,21-23H2,1-3H3,(H,37,41)/t32-/m1/s1. The molecule has 0 radical (unpaired) electrons. The lowest BCUT2D eigenvalue weighted by Gasteiger charge is -2.34. The van der Waals surface area contributed by atoms with E-state index in [0.29, 0.717) is 27.8 Å². The van der Waals surface area contributed by atoms with E-state index in [1.54, 1.807) is 37.3 Å². The van der Waals surface area contributed by atoms with Gasteiger partial charge in [0.25, 0.3) is 10.0 Å². The van der Waals surface area contributed by atoms with E-state index in [9.17, 15) is 18.0 Å². The first kappa shape index (κ1) is 33.1. The molecule has 7 nitrogen and oxygen atoms in total. The Hall–Kier alpha value is -3.85. The Morgan fingerprint density at radius 3 is 2.11 bits per heavy atom. The van der Waals surface area contributed by atoms with Crippen molar-refractivity contribution in [3.05, 3.63) is 129 Å². The van der Waals surface area contributed by atoms with E-state index in [-0.39, 0.29) is 23.8 Å². The van der Waals surface area contributed by atoms with Crippen LogP contribution in [0.2, 0.25) is 10.0 Å². The number of amides is 2. The quantitative estimate of drug-likeness (QED) is 0.187. The summed E-state index contributed by atoms with van der Waals surface area (Å²) in [5.74, 6) is -0.891. The van der Waals surface area contributed by atoms with Crippen molar-refractivity contribution in [2.75, 3.05) is 17.4 Å². The van der Waals surface area contributed by atoms with Gasteiger partial charge in [-0.1, -0.05) is 71.7 Å². The zero-order valence-electron chi connectivity index (χ0n) is 24.8. The molecule has 1 N–H and O–H groups in total. The van der Waals surface area contributed by atoms with Crippen molar-refractivity contribution in [3.63, 3.8) is 0 Å². The third kappa shape index (κ3) is 8.20. The van der Waals surface area contributed by atoms with Gasteiger partial charge >= 0.3 is 0 Å². The topological polar surface area (TPSA) is 86.8 Å². The number of aryl methyl sites for hydroxylation is 2. The second-order valence-electron chi connectivity index (χ2n) is 10.5. The number of sulfonamides is 1. The molecule has 4 rings (SSSR count). The lowest BCUT2D eigenvalue weighted by atomic mass is 10.0. The fourth-order valence-corrected chi connectivity index (χ4v) is 6.57. The van der Waals surface area contributed by atoms with Crippen LogP contribution in [0.5, 0.6) is 0 Å². The zero-order valence-corrected chi connectivity index (χ0v) is 27.2. The summed E-state index contributed by atoms with van der Waals surface area (Å²) in [4.78, 5) is 29.4. The predicted molar refractivity (Wildman–Crippen MR) is 177 cm³/mol. The first-order chi connectivity index (χ1) is 21.0. The van der Waals surface area contributed by atoms with Crippen LogP contribution in [0.25, 0.3) is 0 Å². The summed E-state index contributed by atoms with van der Waals surface area (Å²) < 4.78 is 29.3. The molecule has 0 bridgehead atoms. The van der Waals surface area contributed by atoms with E-state index >= 15 is 0 Å². The molecule has 0 aliphatic heterocycles. The van der Waals surface area contributed by atoms with Gasteiger partial charge in [0.2, 0.25) is 11.8 Å². The molecular formula is C34H35Cl2N3O4S. The average molecular weight is 653 g/mol. The van der Waals surface area contributed by atoms with E-state index in [4.69, 9.17) is 23.2 Å². The van der Waals surface area contributed by atoms with Crippen LogP contribution >= 0.6 is 23.2 Å². The molecule has 2 amide bonds. The van der Waals surface area contributed by atoms with Gasteiger partial charge in [-0.3, -0.25) is 13.9 Å². The minimum atomic E-state index is -4.22. The molecule has 0 heterocycles. The van der Waals surface area contributed by atoms with Gasteiger partial charge in [-0.2, -0.15) is 0 Å². The highest BCUT2D eigenvalue weighted by atomic mass is 35.5. The van der Waals surface area contributed by atoms with E-state index in [2.05, 4.69) is 5.32 Å². The number of carbonyl (C=O) groups excluding carboxylic acids is 2. The summed E-state index contributed by atoms with van der Waals surface area (Å²) in [5.41, 5.74) is 3.73. The Morgan fingerprint density at radius 1 is 0.795 bits per heavy atom. The van der Waals surface area contributed by atoms with Gasteiger partial charge in [0, 0.05) is 29.6 Å². The average Bonchev–Trinajstić information content (AvgIpc) is 3.00. The number of anilines is 1. The van der Waals surface area contributed by atoms with Gasteiger partial charge in [0.05, 0.1) is 10.6 Å². The number of nitrogens with zero attached hydrogens (tertiary/aromatic N) is 2. The molecule has 4 aromatic carbocycles. The Labute approximate surface area is 269 Å². The normalized spacial score (nSPS) is 11.9. The first-order valence-electron chi connectivity index (χ1n) is 14.2. The summed E-state index contributed by atoms with van der Waals surface area (Å²) in [6.07, 6.45) is 0.229. The minimum Gasteiger partial charge on any atom is -0.355 e. The maximum Gasteiger partial charge on any atom is 0.264 e. The molecule has 44 heavy (non-hydrogen) atoms. The zero-order chi connectivity index (χ0) is 31.9. The van der Waals surface area contributed by atoms with Crippen molar-refractivity contribution in [2.45, 2.75) is 44.7 Å². The van der Waals surface area contributed by atoms with E-state index in [1.807, 2.05) is 56.3 Å². The summed E-state index contributed by atoms with van der Waals surface area (Å²) >= 11 is 12.3. The highest BCUT2D eigenvalue weighted by Crippen LogP contribution is 2.28. The maximum atomic E-state index is 14.4. The number of halogens is 2. The molecule has 0 fully saturated rings. The Morgan fingerprint density at radius 2 is 1.48 bits per heavy atom. The van der Waals surface area contributed by atoms with Crippen LogP contribution < -0.4 is 9.62 Å². The van der Waals surface area contributed by atoms with Gasteiger partial charge in [-0.05, 0) is 91.6 Å². The van der Waals surface area contributed by atoms with Crippen LogP contribution in [0.1, 0.15) is 29.2 Å². The minimum absolute atomic E-state index is 0.0149. The Bertz CT molecular complexity index is 1710. The van der Waals surface area contributed by atoms with Gasteiger partial charge in [0.1, 0.15) is 12.6 Å². The lowest BCUT2D eigenvalue weighted by molar-refractivity contribution is -0.140. The second-order valence-corrected chi connectivity index (χ2v) is 13.2. The van der Waals surface area contributed by atoms with Crippen molar-refractivity contribution in [1.29, 1.82) is 0 Å². The van der Waals surface area contributed by atoms with Crippen LogP contribution in [-0.4, -0.2) is 44.3 Å². The van der Waals surface area contributed by atoms with Gasteiger partial charge in [-0.15, -0.1) is 0 Å². The van der Waals surface area contributed by atoms with E-state index in [0.717, 1.165) is 21.0 Å². The molecule has 4 aromatic rings. The number of rotatable bonds is 12. The van der Waals surface area contributed by atoms with Crippen LogP contribution in [0.4, 0.5) is 5.69 Å². The van der Waals surface area contributed by atoms with Crippen LogP contribution in [0, 0.1) is 13.8 Å². The molecular weight excluding hydrogens is 617 g/mol. The molecule has 0 aromatic heterocycles. The highest BCUT2D eigenvalue weighted by Gasteiger charge is 2.34. The number of likely N-dealkylation sites (N-methyl/N-ethyl adjacent to an activating group) is 1. The molecule has 0 unspecified atom stereocenters. The van der Waals surface area contributed by atoms with Gasteiger partial charge < -0.3 is 10.2 Å². The lowest BCUT2D eigenvalue weighted by Crippen LogP contribution is -2.53. The van der Waals surface area contributed by atoms with Crippen LogP contribution in [-0.2, 0) is 32.6 Å². The number of carbonyl (C=O) groups is 2. The maximum absolute atomic E-state index is 14.4. The van der Waals surface area contributed by atoms with Crippen molar-refractivity contribution >= 4 is 50.7 Å². The van der Waals surface area contributed by atoms with Crippen molar-refractivity contribution in [1.82, 2.24) is 10.2 Å². The molecule has 0 aliphatic carbocycles. The highest BCUT2D eigenvalue weighted by molar-refractivity contribution is 7.92. The van der Waals surface area contributed by atoms with Crippen LogP contribution in [0.3, 0.4) is 0 Å². The van der Waals surface area contributed by atoms with E-state index < -0.39 is 28.5 Å². The van der Waals surface area contributed by atoms with Gasteiger partial charge in [0.15, 0.2) is 0 Å². The van der Waals surface area contributed by atoms with Crippen molar-refractivity contribution < 1.29 is 18.0 Å². The molecule has 230 valence electrons. The Balaban J connectivity index is 1.81. The smallest absolute Gasteiger partial charge is 0.264 e. The molecule has 10 heteroatoms. The Kier molecular flexibility index (Phi) is 11.1. The fraction of sp³-hybridized carbons (Fsp3) is 0.235. The summed E-state index contributed by atoms with van der Waals surface area (Å²) in [6.45, 7) is 5.47. The van der Waals surface area contributed by atoms with E-state index in [1.165, 1.54) is 29.2 Å². The second kappa shape index (κ2) is 14.8. The third-order valence-corrected chi connectivity index (χ3v) is 9.60. The summed E-state index contributed by atoms with van der Waals surface area (Å²) in [7, 11) is -4.22. The number of hydrogen-bond donors (Lipinski definition) is 1. The predicted octanol–water partition coefficient (Wildman–Crippen LogP) is 6.58. The molecule has 0 spiro atoms. The van der Waals surface area contributed by atoms with Crippen molar-refractivity contribution in [2.24, 2.45) is 0 Å². The molecule has 1 atom stereocenters. The summed E-state index contributed by atoms with van der Waals surface area (Å²) in [5, 5.41) is 3.72. The molecule has 0 saturated carbocycles. The van der Waals surface area contributed by atoms with Crippen molar-refractivity contribution in [3.8, 4) is 0 Å². The molecule has 0 saturated heterocycles. The molecule has 0 aliphatic rings. The number of benzene rings is 4. The van der Waals surface area contributed by atoms with Gasteiger partial charge in [-0.25, -0.2) is 8.42 Å². The fourth-order valence-electron chi connectivity index (χ4n) is 4.82. The number of nitrogens with one attached hydrogen (secondary N) is 1.